The second-order valence-electron chi connectivity index (χ2n) is 4.99. The Labute approximate surface area is 125 Å². The predicted octanol–water partition coefficient (Wildman–Crippen LogP) is 1.31. The van der Waals surface area contributed by atoms with Crippen LogP contribution in [0.3, 0.4) is 0 Å². The molecule has 0 atom stereocenters. The molecular weight excluding hydrogens is 292 g/mol. The van der Waals surface area contributed by atoms with Crippen molar-refractivity contribution >= 4 is 21.4 Å². The van der Waals surface area contributed by atoms with E-state index in [1.54, 1.807) is 20.0 Å². The number of benzene rings is 1. The number of rotatable bonds is 6. The van der Waals surface area contributed by atoms with Gasteiger partial charge in [-0.1, -0.05) is 0 Å². The monoisotopic (exact) mass is 314 g/mol. The number of hydrogen-bond donors (Lipinski definition) is 1. The summed E-state index contributed by atoms with van der Waals surface area (Å²) in [4.78, 5) is 13.3. The van der Waals surface area contributed by atoms with Gasteiger partial charge in [-0.25, -0.2) is 8.42 Å². The van der Waals surface area contributed by atoms with Crippen LogP contribution in [0.5, 0.6) is 5.75 Å². The van der Waals surface area contributed by atoms with Crippen LogP contribution in [0.1, 0.15) is 20.8 Å². The van der Waals surface area contributed by atoms with Crippen LogP contribution in [0.4, 0.5) is 5.69 Å². The van der Waals surface area contributed by atoms with Crippen molar-refractivity contribution in [2.45, 2.75) is 31.7 Å². The predicted molar refractivity (Wildman–Crippen MR) is 82.0 cm³/mol. The zero-order valence-corrected chi connectivity index (χ0v) is 13.6. The summed E-state index contributed by atoms with van der Waals surface area (Å²) in [5.74, 6) is -0.664. The van der Waals surface area contributed by atoms with Crippen molar-refractivity contribution in [1.82, 2.24) is 4.90 Å². The largest absolute Gasteiger partial charge is 0.494 e. The minimum absolute atomic E-state index is 0.0696. The number of carbonyl (C=O) groups excluding carboxylic acids is 1. The normalized spacial score (nSPS) is 11.5. The highest BCUT2D eigenvalue weighted by Crippen LogP contribution is 2.25. The molecule has 6 nitrogen and oxygen atoms in total. The standard InChI is InChI=1S/C14H22N2O4S/c1-5-20-11-6-7-12(15)13(8-11)21(18,19)9-14(17)16(4)10(2)3/h6-8,10H,5,9,15H2,1-4H3. The van der Waals surface area contributed by atoms with Gasteiger partial charge in [0.05, 0.1) is 17.2 Å². The lowest BCUT2D eigenvalue weighted by atomic mass is 10.3. The van der Waals surface area contributed by atoms with Gasteiger partial charge in [0.1, 0.15) is 11.5 Å². The third kappa shape index (κ3) is 4.35. The van der Waals surface area contributed by atoms with Crippen molar-refractivity contribution in [3.63, 3.8) is 0 Å². The molecule has 1 aromatic rings. The van der Waals surface area contributed by atoms with Crippen molar-refractivity contribution in [1.29, 1.82) is 0 Å². The number of nitrogen functional groups attached to an aromatic ring is 1. The Balaban J connectivity index is 3.08. The second-order valence-corrected chi connectivity index (χ2v) is 6.95. The average molecular weight is 314 g/mol. The Hall–Kier alpha value is -1.76. The van der Waals surface area contributed by atoms with E-state index in [0.717, 1.165) is 0 Å². The Morgan fingerprint density at radius 3 is 2.52 bits per heavy atom. The molecule has 0 spiro atoms. The first-order chi connectivity index (χ1) is 9.69. The molecule has 7 heteroatoms. The lowest BCUT2D eigenvalue weighted by molar-refractivity contribution is -0.128. The lowest BCUT2D eigenvalue weighted by Crippen LogP contribution is -2.37. The maximum absolute atomic E-state index is 12.4. The van der Waals surface area contributed by atoms with Crippen LogP contribution in [0.2, 0.25) is 0 Å². The second kappa shape index (κ2) is 6.80. The number of nitrogens with zero attached hydrogens (tertiary/aromatic N) is 1. The quantitative estimate of drug-likeness (QED) is 0.800. The summed E-state index contributed by atoms with van der Waals surface area (Å²) >= 11 is 0. The third-order valence-electron chi connectivity index (χ3n) is 3.11. The van der Waals surface area contributed by atoms with Gasteiger partial charge in [-0.05, 0) is 32.9 Å². The topological polar surface area (TPSA) is 89.7 Å². The van der Waals surface area contributed by atoms with Crippen LogP contribution in [0.25, 0.3) is 0 Å². The van der Waals surface area contributed by atoms with Crippen LogP contribution in [-0.4, -0.2) is 44.7 Å². The summed E-state index contributed by atoms with van der Waals surface area (Å²) in [7, 11) is -2.23. The van der Waals surface area contributed by atoms with Gasteiger partial charge in [-0.2, -0.15) is 0 Å². The molecule has 0 saturated carbocycles. The molecule has 1 aromatic carbocycles. The van der Waals surface area contributed by atoms with Crippen LogP contribution < -0.4 is 10.5 Å². The fourth-order valence-electron chi connectivity index (χ4n) is 1.67. The minimum atomic E-state index is -3.81. The molecule has 0 fully saturated rings. The van der Waals surface area contributed by atoms with E-state index in [4.69, 9.17) is 10.5 Å². The van der Waals surface area contributed by atoms with Crippen molar-refractivity contribution < 1.29 is 17.9 Å². The zero-order chi connectivity index (χ0) is 16.2. The van der Waals surface area contributed by atoms with Crippen LogP contribution >= 0.6 is 0 Å². The molecule has 2 N–H and O–H groups in total. The van der Waals surface area contributed by atoms with Gasteiger partial charge in [0.15, 0.2) is 9.84 Å². The zero-order valence-electron chi connectivity index (χ0n) is 12.8. The van der Waals surface area contributed by atoms with Crippen LogP contribution in [0.15, 0.2) is 23.1 Å². The molecule has 0 aliphatic rings. The van der Waals surface area contributed by atoms with E-state index in [9.17, 15) is 13.2 Å². The summed E-state index contributed by atoms with van der Waals surface area (Å²) < 4.78 is 30.0. The number of anilines is 1. The highest BCUT2D eigenvalue weighted by molar-refractivity contribution is 7.92. The van der Waals surface area contributed by atoms with Crippen molar-refractivity contribution in [2.24, 2.45) is 0 Å². The highest BCUT2D eigenvalue weighted by atomic mass is 32.2. The SMILES string of the molecule is CCOc1ccc(N)c(S(=O)(=O)CC(=O)N(C)C(C)C)c1. The van der Waals surface area contributed by atoms with Crippen LogP contribution in [0, 0.1) is 0 Å². The minimum Gasteiger partial charge on any atom is -0.494 e. The Morgan fingerprint density at radius 1 is 1.38 bits per heavy atom. The Morgan fingerprint density at radius 2 is 2.00 bits per heavy atom. The number of amides is 1. The summed E-state index contributed by atoms with van der Waals surface area (Å²) in [5, 5.41) is 0. The smallest absolute Gasteiger partial charge is 0.238 e. The number of hydrogen-bond acceptors (Lipinski definition) is 5. The average Bonchev–Trinajstić information content (AvgIpc) is 2.39. The van der Waals surface area contributed by atoms with E-state index in [1.165, 1.54) is 17.0 Å². The van der Waals surface area contributed by atoms with E-state index < -0.39 is 21.5 Å². The molecule has 0 aromatic heterocycles. The molecule has 1 amide bonds. The molecule has 118 valence electrons. The molecular formula is C14H22N2O4S. The molecule has 0 unspecified atom stereocenters. The molecule has 0 saturated heterocycles. The lowest BCUT2D eigenvalue weighted by Gasteiger charge is -2.21. The molecule has 0 aliphatic carbocycles. The van der Waals surface area contributed by atoms with Crippen LogP contribution in [-0.2, 0) is 14.6 Å². The van der Waals surface area contributed by atoms with Gasteiger partial charge in [-0.15, -0.1) is 0 Å². The highest BCUT2D eigenvalue weighted by Gasteiger charge is 2.25. The number of carbonyl (C=O) groups is 1. The van der Waals surface area contributed by atoms with E-state index in [-0.39, 0.29) is 16.6 Å². The molecule has 0 aliphatic heterocycles. The number of ether oxygens (including phenoxy) is 1. The van der Waals surface area contributed by atoms with Gasteiger partial charge in [-0.3, -0.25) is 4.79 Å². The van der Waals surface area contributed by atoms with Gasteiger partial charge in [0.25, 0.3) is 0 Å². The van der Waals surface area contributed by atoms with Gasteiger partial charge in [0, 0.05) is 19.2 Å². The molecule has 0 radical (unpaired) electrons. The van der Waals surface area contributed by atoms with Gasteiger partial charge >= 0.3 is 0 Å². The summed E-state index contributed by atoms with van der Waals surface area (Å²) in [6, 6.07) is 4.35. The number of nitrogens with two attached hydrogens (primary N) is 1. The first-order valence-electron chi connectivity index (χ1n) is 6.69. The van der Waals surface area contributed by atoms with E-state index >= 15 is 0 Å². The molecule has 1 rings (SSSR count). The fraction of sp³-hybridized carbons (Fsp3) is 0.500. The Bertz CT molecular complexity index is 611. The summed E-state index contributed by atoms with van der Waals surface area (Å²) in [6.45, 7) is 5.84. The van der Waals surface area contributed by atoms with E-state index in [0.29, 0.717) is 12.4 Å². The fourth-order valence-corrected chi connectivity index (χ4v) is 3.08. The maximum atomic E-state index is 12.4. The van der Waals surface area contributed by atoms with Crippen molar-refractivity contribution in [3.8, 4) is 5.75 Å². The van der Waals surface area contributed by atoms with E-state index in [1.807, 2.05) is 13.8 Å². The summed E-state index contributed by atoms with van der Waals surface area (Å²) in [5.41, 5.74) is 5.83. The van der Waals surface area contributed by atoms with E-state index in [2.05, 4.69) is 0 Å². The first kappa shape index (κ1) is 17.3. The number of sulfone groups is 1. The Kier molecular flexibility index (Phi) is 5.60. The third-order valence-corrected chi connectivity index (χ3v) is 4.76. The molecule has 0 heterocycles. The molecule has 21 heavy (non-hydrogen) atoms. The van der Waals surface area contributed by atoms with Crippen molar-refractivity contribution in [3.05, 3.63) is 18.2 Å². The van der Waals surface area contributed by atoms with Gasteiger partial charge in [0.2, 0.25) is 5.91 Å². The summed E-state index contributed by atoms with van der Waals surface area (Å²) in [6.07, 6.45) is 0. The molecule has 0 bridgehead atoms. The van der Waals surface area contributed by atoms with Crippen molar-refractivity contribution in [2.75, 3.05) is 25.1 Å². The first-order valence-corrected chi connectivity index (χ1v) is 8.35. The van der Waals surface area contributed by atoms with Gasteiger partial charge < -0.3 is 15.4 Å². The maximum Gasteiger partial charge on any atom is 0.238 e.